The number of rotatable bonds is 4. The van der Waals surface area contributed by atoms with Crippen LogP contribution >= 0.6 is 11.8 Å². The van der Waals surface area contributed by atoms with E-state index >= 15 is 0 Å². The minimum Gasteiger partial charge on any atom is -0.494 e. The summed E-state index contributed by atoms with van der Waals surface area (Å²) in [6, 6.07) is 7.26. The Bertz CT molecular complexity index is 714. The summed E-state index contributed by atoms with van der Waals surface area (Å²) < 4.78 is 15.8. The van der Waals surface area contributed by atoms with Crippen LogP contribution in [0.4, 0.5) is 6.01 Å². The van der Waals surface area contributed by atoms with Crippen molar-refractivity contribution in [2.75, 3.05) is 24.8 Å². The Morgan fingerprint density at radius 1 is 1.32 bits per heavy atom. The van der Waals surface area contributed by atoms with Gasteiger partial charge in [0.1, 0.15) is 19.5 Å². The molecule has 1 aliphatic rings. The number of carbonyl (C=O) groups is 1. The highest BCUT2D eigenvalue weighted by molar-refractivity contribution is 7.98. The first-order valence-corrected chi connectivity index (χ1v) is 7.72. The van der Waals surface area contributed by atoms with Gasteiger partial charge in [0.25, 0.3) is 11.8 Å². The molecule has 22 heavy (non-hydrogen) atoms. The molecule has 0 atom stereocenters. The molecule has 0 spiro atoms. The minimum atomic E-state index is -0.319. The van der Waals surface area contributed by atoms with Crippen molar-refractivity contribution >= 4 is 29.4 Å². The molecular formula is C14H13N3O4S. The van der Waals surface area contributed by atoms with Gasteiger partial charge in [-0.2, -0.15) is 0 Å². The van der Waals surface area contributed by atoms with Crippen LogP contribution in [0.5, 0.6) is 0 Å². The van der Waals surface area contributed by atoms with Gasteiger partial charge < -0.3 is 13.9 Å². The van der Waals surface area contributed by atoms with Crippen LogP contribution in [-0.2, 0) is 9.47 Å². The fourth-order valence-corrected chi connectivity index (χ4v) is 2.25. The molecule has 0 radical (unpaired) electrons. The average Bonchev–Trinajstić information content (AvgIpc) is 3.04. The maximum Gasteiger partial charge on any atom is 0.322 e. The van der Waals surface area contributed by atoms with E-state index in [2.05, 4.69) is 15.5 Å². The van der Waals surface area contributed by atoms with Crippen LogP contribution in [-0.4, -0.2) is 35.6 Å². The average molecular weight is 319 g/mol. The van der Waals surface area contributed by atoms with Gasteiger partial charge in [-0.15, -0.1) is 16.9 Å². The van der Waals surface area contributed by atoms with Gasteiger partial charge in [-0.05, 0) is 24.5 Å². The van der Waals surface area contributed by atoms with Crippen molar-refractivity contribution < 1.29 is 18.7 Å². The van der Waals surface area contributed by atoms with Gasteiger partial charge in [-0.25, -0.2) is 0 Å². The molecule has 1 amide bonds. The van der Waals surface area contributed by atoms with E-state index in [9.17, 15) is 4.79 Å². The highest BCUT2D eigenvalue weighted by Gasteiger charge is 2.17. The number of nitrogens with zero attached hydrogens (tertiary/aromatic N) is 2. The van der Waals surface area contributed by atoms with Crippen LogP contribution in [0, 0.1) is 0 Å². The van der Waals surface area contributed by atoms with Crippen molar-refractivity contribution in [3.8, 4) is 0 Å². The highest BCUT2D eigenvalue weighted by atomic mass is 32.2. The Hall–Kier alpha value is -2.48. The first-order valence-electron chi connectivity index (χ1n) is 6.50. The van der Waals surface area contributed by atoms with Crippen molar-refractivity contribution in [1.29, 1.82) is 0 Å². The molecule has 0 saturated carbocycles. The number of anilines is 1. The molecule has 0 fully saturated rings. The molecule has 2 heterocycles. The lowest BCUT2D eigenvalue weighted by Gasteiger charge is -2.11. The number of amides is 1. The lowest BCUT2D eigenvalue weighted by atomic mass is 10.2. The van der Waals surface area contributed by atoms with E-state index in [4.69, 9.17) is 13.9 Å². The Balaban J connectivity index is 1.71. The molecular weight excluding hydrogens is 306 g/mol. The van der Waals surface area contributed by atoms with E-state index in [0.717, 1.165) is 4.90 Å². The van der Waals surface area contributed by atoms with Gasteiger partial charge >= 0.3 is 6.01 Å². The summed E-state index contributed by atoms with van der Waals surface area (Å²) in [5.41, 5.74) is 0.517. The second-order valence-electron chi connectivity index (χ2n) is 4.30. The second-order valence-corrected chi connectivity index (χ2v) is 5.18. The van der Waals surface area contributed by atoms with Crippen molar-refractivity contribution in [2.24, 2.45) is 0 Å². The SMILES string of the molecule is CSc1cccc(C(=O)Nc2nnc(C3=COCCO3)o2)c1. The molecule has 2 aromatic rings. The topological polar surface area (TPSA) is 86.5 Å². The van der Waals surface area contributed by atoms with Crippen LogP contribution in [0.1, 0.15) is 16.2 Å². The van der Waals surface area contributed by atoms with E-state index in [1.807, 2.05) is 18.4 Å². The summed E-state index contributed by atoms with van der Waals surface area (Å²) in [5.74, 6) is 0.192. The molecule has 0 saturated heterocycles. The summed E-state index contributed by atoms with van der Waals surface area (Å²) in [4.78, 5) is 13.1. The van der Waals surface area contributed by atoms with Gasteiger partial charge in [0, 0.05) is 10.5 Å². The second kappa shape index (κ2) is 6.52. The zero-order chi connectivity index (χ0) is 15.4. The fraction of sp³-hybridized carbons (Fsp3) is 0.214. The number of hydrogen-bond acceptors (Lipinski definition) is 7. The van der Waals surface area contributed by atoms with Crippen molar-refractivity contribution in [1.82, 2.24) is 10.2 Å². The Morgan fingerprint density at radius 3 is 3.00 bits per heavy atom. The monoisotopic (exact) mass is 319 g/mol. The molecule has 0 unspecified atom stereocenters. The van der Waals surface area contributed by atoms with Crippen LogP contribution in [0.2, 0.25) is 0 Å². The number of nitrogens with one attached hydrogen (secondary N) is 1. The largest absolute Gasteiger partial charge is 0.494 e. The fourth-order valence-electron chi connectivity index (χ4n) is 1.79. The summed E-state index contributed by atoms with van der Waals surface area (Å²) in [7, 11) is 0. The molecule has 3 rings (SSSR count). The number of ether oxygens (including phenoxy) is 2. The zero-order valence-electron chi connectivity index (χ0n) is 11.7. The number of carbonyl (C=O) groups excluding carboxylic acids is 1. The molecule has 1 aromatic carbocycles. The number of benzene rings is 1. The van der Waals surface area contributed by atoms with Gasteiger partial charge in [0.2, 0.25) is 5.76 Å². The molecule has 0 bridgehead atoms. The normalized spacial score (nSPS) is 13.8. The van der Waals surface area contributed by atoms with E-state index < -0.39 is 0 Å². The third-order valence-electron chi connectivity index (χ3n) is 2.84. The van der Waals surface area contributed by atoms with Crippen LogP contribution in [0.25, 0.3) is 5.76 Å². The third kappa shape index (κ3) is 3.22. The van der Waals surface area contributed by atoms with Crippen LogP contribution < -0.4 is 5.32 Å². The van der Waals surface area contributed by atoms with E-state index in [1.165, 1.54) is 6.26 Å². The Kier molecular flexibility index (Phi) is 4.29. The number of thioether (sulfide) groups is 1. The molecule has 0 aliphatic carbocycles. The lowest BCUT2D eigenvalue weighted by Crippen LogP contribution is -2.12. The number of hydrogen-bond donors (Lipinski definition) is 1. The first kappa shape index (κ1) is 14.5. The molecule has 114 valence electrons. The summed E-state index contributed by atoms with van der Waals surface area (Å²) in [6.07, 6.45) is 3.35. The first-order chi connectivity index (χ1) is 10.8. The molecule has 8 heteroatoms. The van der Waals surface area contributed by atoms with E-state index in [1.54, 1.807) is 23.9 Å². The molecule has 7 nitrogen and oxygen atoms in total. The quantitative estimate of drug-likeness (QED) is 0.866. The molecule has 1 aromatic heterocycles. The van der Waals surface area contributed by atoms with Crippen LogP contribution in [0.15, 0.2) is 39.8 Å². The predicted molar refractivity (Wildman–Crippen MR) is 80.4 cm³/mol. The molecule has 1 N–H and O–H groups in total. The Labute approximate surface area is 130 Å². The highest BCUT2D eigenvalue weighted by Crippen LogP contribution is 2.20. The van der Waals surface area contributed by atoms with Gasteiger partial charge in [-0.1, -0.05) is 11.2 Å². The zero-order valence-corrected chi connectivity index (χ0v) is 12.6. The molecule has 1 aliphatic heterocycles. The van der Waals surface area contributed by atoms with Gasteiger partial charge in [0.15, 0.2) is 0 Å². The maximum atomic E-state index is 12.1. The minimum absolute atomic E-state index is 0.00429. The van der Waals surface area contributed by atoms with Crippen molar-refractivity contribution in [3.05, 3.63) is 42.0 Å². The smallest absolute Gasteiger partial charge is 0.322 e. The lowest BCUT2D eigenvalue weighted by molar-refractivity contribution is 0.102. The summed E-state index contributed by atoms with van der Waals surface area (Å²) in [5, 5.41) is 10.1. The van der Waals surface area contributed by atoms with E-state index in [-0.39, 0.29) is 17.8 Å². The third-order valence-corrected chi connectivity index (χ3v) is 3.56. The van der Waals surface area contributed by atoms with Crippen molar-refractivity contribution in [2.45, 2.75) is 4.90 Å². The van der Waals surface area contributed by atoms with E-state index in [0.29, 0.717) is 24.5 Å². The number of aromatic nitrogens is 2. The summed E-state index contributed by atoms with van der Waals surface area (Å²) in [6.45, 7) is 0.893. The van der Waals surface area contributed by atoms with Crippen molar-refractivity contribution in [3.63, 3.8) is 0 Å². The van der Waals surface area contributed by atoms with Crippen LogP contribution in [0.3, 0.4) is 0 Å². The predicted octanol–water partition coefficient (Wildman–Crippen LogP) is 2.39. The Morgan fingerprint density at radius 2 is 2.23 bits per heavy atom. The maximum absolute atomic E-state index is 12.1. The summed E-state index contributed by atoms with van der Waals surface area (Å²) >= 11 is 1.56. The standard InChI is InChI=1S/C14H13N3O4S/c1-22-10-4-2-3-9(7-10)12(18)15-14-17-16-13(21-14)11-8-19-5-6-20-11/h2-4,7-8H,5-6H2,1H3,(H,15,17,18). The van der Waals surface area contributed by atoms with Gasteiger partial charge in [-0.3, -0.25) is 10.1 Å². The van der Waals surface area contributed by atoms with Gasteiger partial charge in [0.05, 0.1) is 0 Å².